The first kappa shape index (κ1) is 15.5. The van der Waals surface area contributed by atoms with Gasteiger partial charge in [0, 0.05) is 11.0 Å². The molecule has 0 spiro atoms. The van der Waals surface area contributed by atoms with Gasteiger partial charge in [-0.1, -0.05) is 0 Å². The summed E-state index contributed by atoms with van der Waals surface area (Å²) in [5.74, 6) is -1.55. The van der Waals surface area contributed by atoms with Gasteiger partial charge in [-0.05, 0) is 25.8 Å². The van der Waals surface area contributed by atoms with E-state index in [1.807, 2.05) is 0 Å². The average molecular weight is 334 g/mol. The van der Waals surface area contributed by atoms with Gasteiger partial charge in [0.2, 0.25) is 0 Å². The van der Waals surface area contributed by atoms with Crippen molar-refractivity contribution >= 4 is 34.3 Å². The number of hydrogen-bond donors (Lipinski definition) is 1. The van der Waals surface area contributed by atoms with E-state index in [1.54, 1.807) is 6.92 Å². The van der Waals surface area contributed by atoms with Crippen molar-refractivity contribution < 1.29 is 19.1 Å². The molecule has 2 amide bonds. The molecule has 0 bridgehead atoms. The van der Waals surface area contributed by atoms with E-state index in [1.165, 1.54) is 23.5 Å². The first-order valence-corrected chi connectivity index (χ1v) is 8.00. The Hall–Kier alpha value is -2.42. The highest BCUT2D eigenvalue weighted by molar-refractivity contribution is 7.16. The minimum atomic E-state index is -0.840. The molecule has 0 radical (unpaired) electrons. The Morgan fingerprint density at radius 2 is 2.30 bits per heavy atom. The van der Waals surface area contributed by atoms with Gasteiger partial charge in [-0.3, -0.25) is 19.7 Å². The van der Waals surface area contributed by atoms with Crippen LogP contribution in [0.4, 0.5) is 5.13 Å². The molecule has 8 nitrogen and oxygen atoms in total. The van der Waals surface area contributed by atoms with Crippen molar-refractivity contribution in [2.75, 3.05) is 11.9 Å². The number of carbonyl (C=O) groups is 3. The van der Waals surface area contributed by atoms with Crippen molar-refractivity contribution in [2.45, 2.75) is 31.7 Å². The van der Waals surface area contributed by atoms with E-state index in [2.05, 4.69) is 20.5 Å². The number of anilines is 1. The van der Waals surface area contributed by atoms with Crippen molar-refractivity contribution in [1.82, 2.24) is 4.98 Å². The van der Waals surface area contributed by atoms with E-state index in [4.69, 9.17) is 4.74 Å². The van der Waals surface area contributed by atoms with Crippen molar-refractivity contribution in [3.05, 3.63) is 22.7 Å². The van der Waals surface area contributed by atoms with Gasteiger partial charge in [0.15, 0.2) is 11.2 Å². The fourth-order valence-corrected chi connectivity index (χ4v) is 3.48. The zero-order chi connectivity index (χ0) is 16.4. The summed E-state index contributed by atoms with van der Waals surface area (Å²) < 4.78 is 5.05. The van der Waals surface area contributed by atoms with Crippen LogP contribution in [0.15, 0.2) is 22.4 Å². The highest BCUT2D eigenvalue weighted by atomic mass is 32.1. The molecule has 1 aliphatic heterocycles. The Morgan fingerprint density at radius 3 is 3.00 bits per heavy atom. The van der Waals surface area contributed by atoms with Crippen LogP contribution < -0.4 is 5.32 Å². The van der Waals surface area contributed by atoms with Crippen LogP contribution in [0.1, 0.15) is 29.8 Å². The van der Waals surface area contributed by atoms with E-state index in [0.717, 1.165) is 11.3 Å². The first-order valence-electron chi connectivity index (χ1n) is 7.18. The van der Waals surface area contributed by atoms with Crippen LogP contribution in [0.25, 0.3) is 0 Å². The molecule has 0 saturated carbocycles. The Labute approximate surface area is 135 Å². The minimum absolute atomic E-state index is 0.281. The fraction of sp³-hybridized carbons (Fsp3) is 0.429. The number of nitrogens with one attached hydrogen (secondary N) is 1. The molecule has 0 aromatic carbocycles. The molecule has 3 rings (SSSR count). The molecule has 0 fully saturated rings. The summed E-state index contributed by atoms with van der Waals surface area (Å²) in [4.78, 5) is 40.2. The Morgan fingerprint density at radius 1 is 1.48 bits per heavy atom. The van der Waals surface area contributed by atoms with E-state index >= 15 is 0 Å². The molecule has 0 saturated heterocycles. The monoisotopic (exact) mass is 334 g/mol. The lowest BCUT2D eigenvalue weighted by molar-refractivity contribution is -0.145. The number of azo groups is 1. The normalized spacial score (nSPS) is 22.0. The highest BCUT2D eigenvalue weighted by Crippen LogP contribution is 2.39. The number of nitrogens with zero attached hydrogens (tertiary/aromatic N) is 3. The lowest BCUT2D eigenvalue weighted by Crippen LogP contribution is -2.26. The third kappa shape index (κ3) is 3.19. The van der Waals surface area contributed by atoms with Gasteiger partial charge in [0.1, 0.15) is 5.92 Å². The van der Waals surface area contributed by atoms with E-state index in [-0.39, 0.29) is 11.9 Å². The maximum atomic E-state index is 12.1. The number of ether oxygens (including phenoxy) is 1. The molecule has 120 valence electrons. The van der Waals surface area contributed by atoms with Gasteiger partial charge in [0.25, 0.3) is 11.8 Å². The zero-order valence-electron chi connectivity index (χ0n) is 12.3. The number of aromatic nitrogens is 1. The molecule has 1 aromatic heterocycles. The second-order valence-electron chi connectivity index (χ2n) is 5.02. The molecule has 9 heteroatoms. The van der Waals surface area contributed by atoms with Crippen LogP contribution in [0.3, 0.4) is 0 Å². The number of thiazole rings is 1. The third-order valence-corrected chi connectivity index (χ3v) is 4.54. The van der Waals surface area contributed by atoms with Gasteiger partial charge < -0.3 is 4.74 Å². The van der Waals surface area contributed by atoms with Gasteiger partial charge in [-0.25, -0.2) is 4.98 Å². The van der Waals surface area contributed by atoms with Crippen LogP contribution >= 0.6 is 11.3 Å². The number of amides is 2. The largest absolute Gasteiger partial charge is 0.465 e. The topological polar surface area (TPSA) is 110 Å². The van der Waals surface area contributed by atoms with Crippen LogP contribution in [0, 0.1) is 0 Å². The number of fused-ring (bicyclic) bond motifs is 1. The minimum Gasteiger partial charge on any atom is -0.465 e. The van der Waals surface area contributed by atoms with E-state index in [0.29, 0.717) is 23.9 Å². The summed E-state index contributed by atoms with van der Waals surface area (Å²) in [7, 11) is 0. The lowest BCUT2D eigenvalue weighted by Gasteiger charge is -2.09. The summed E-state index contributed by atoms with van der Waals surface area (Å²) in [6, 6.07) is -0.840. The van der Waals surface area contributed by atoms with Crippen molar-refractivity contribution in [1.29, 1.82) is 0 Å². The maximum Gasteiger partial charge on any atom is 0.315 e. The molecule has 2 heterocycles. The zero-order valence-corrected chi connectivity index (χ0v) is 13.1. The maximum absolute atomic E-state index is 12.1. The molecule has 2 unspecified atom stereocenters. The number of hydrogen-bond acceptors (Lipinski definition) is 7. The van der Waals surface area contributed by atoms with Gasteiger partial charge >= 0.3 is 5.97 Å². The lowest BCUT2D eigenvalue weighted by atomic mass is 10.1. The van der Waals surface area contributed by atoms with Crippen LogP contribution in [0.5, 0.6) is 0 Å². The third-order valence-electron chi connectivity index (χ3n) is 3.49. The SMILES string of the molecule is CCOC(=O)C1CCc2sc(NC(=O)C3C=CC(=O)N=N3)nc21. The summed E-state index contributed by atoms with van der Waals surface area (Å²) in [5.41, 5.74) is 0.680. The van der Waals surface area contributed by atoms with Gasteiger partial charge in [-0.15, -0.1) is 16.5 Å². The average Bonchev–Trinajstić information content (AvgIpc) is 3.07. The van der Waals surface area contributed by atoms with Gasteiger partial charge in [0.05, 0.1) is 12.3 Å². The van der Waals surface area contributed by atoms with E-state index in [9.17, 15) is 14.4 Å². The highest BCUT2D eigenvalue weighted by Gasteiger charge is 2.34. The second kappa shape index (κ2) is 6.37. The summed E-state index contributed by atoms with van der Waals surface area (Å²) in [5, 5.41) is 10.0. The van der Waals surface area contributed by atoms with Crippen LogP contribution in [-0.4, -0.2) is 35.4 Å². The molecule has 2 aliphatic rings. The molecular weight excluding hydrogens is 320 g/mol. The van der Waals surface area contributed by atoms with Crippen molar-refractivity contribution in [2.24, 2.45) is 10.2 Å². The molecule has 1 N–H and O–H groups in total. The Bertz CT molecular complexity index is 708. The predicted octanol–water partition coefficient (Wildman–Crippen LogP) is 1.59. The van der Waals surface area contributed by atoms with Crippen LogP contribution in [0.2, 0.25) is 0 Å². The smallest absolute Gasteiger partial charge is 0.315 e. The summed E-state index contributed by atoms with van der Waals surface area (Å²) in [6.45, 7) is 2.09. The van der Waals surface area contributed by atoms with Gasteiger partial charge in [-0.2, -0.15) is 5.11 Å². The number of aryl methyl sites for hydroxylation is 1. The Kier molecular flexibility index (Phi) is 4.28. The molecule has 2 atom stereocenters. The Balaban J connectivity index is 1.69. The molecular formula is C14H14N4O4S. The van der Waals surface area contributed by atoms with Crippen molar-refractivity contribution in [3.63, 3.8) is 0 Å². The quantitative estimate of drug-likeness (QED) is 0.841. The molecule has 1 aliphatic carbocycles. The summed E-state index contributed by atoms with van der Waals surface area (Å²) >= 11 is 1.34. The van der Waals surface area contributed by atoms with Crippen LogP contribution in [-0.2, 0) is 25.5 Å². The predicted molar refractivity (Wildman–Crippen MR) is 81.2 cm³/mol. The standard InChI is InChI=1S/C14H14N4O4S/c1-2-22-13(21)7-3-5-9-11(7)15-14(23-9)16-12(20)8-4-6-10(19)18-17-8/h4,6-8H,2-3,5H2,1H3,(H,15,16,20). The first-order chi connectivity index (χ1) is 11.1. The fourth-order valence-electron chi connectivity index (χ4n) is 2.44. The second-order valence-corrected chi connectivity index (χ2v) is 6.10. The number of rotatable bonds is 4. The number of esters is 1. The summed E-state index contributed by atoms with van der Waals surface area (Å²) in [6.07, 6.45) is 4.01. The van der Waals surface area contributed by atoms with E-state index < -0.39 is 17.9 Å². The van der Waals surface area contributed by atoms with Crippen molar-refractivity contribution in [3.8, 4) is 0 Å². The molecule has 1 aromatic rings. The number of carbonyl (C=O) groups excluding carboxylic acids is 3. The molecule has 23 heavy (non-hydrogen) atoms.